The molecule has 0 heterocycles. The number of hydrogen-bond acceptors (Lipinski definition) is 1. The quantitative estimate of drug-likeness (QED) is 0.808. The molecule has 2 aliphatic rings. The van der Waals surface area contributed by atoms with E-state index in [1.807, 2.05) is 24.3 Å². The van der Waals surface area contributed by atoms with Crippen LogP contribution < -0.4 is 5.32 Å². The molecule has 3 atom stereocenters. The van der Waals surface area contributed by atoms with E-state index in [1.165, 1.54) is 32.1 Å². The smallest absolute Gasteiger partial charge is 0.227 e. The Balaban J connectivity index is 1.61. The van der Waals surface area contributed by atoms with Gasteiger partial charge in [-0.25, -0.2) is 0 Å². The lowest BCUT2D eigenvalue weighted by Gasteiger charge is -2.38. The predicted octanol–water partition coefficient (Wildman–Crippen LogP) is 4.21. The van der Waals surface area contributed by atoms with Gasteiger partial charge in [0.2, 0.25) is 5.91 Å². The first kappa shape index (κ1) is 14.2. The molecule has 0 radical (unpaired) electrons. The van der Waals surface area contributed by atoms with Gasteiger partial charge in [-0.15, -0.1) is 6.42 Å². The van der Waals surface area contributed by atoms with E-state index in [1.54, 1.807) is 0 Å². The lowest BCUT2D eigenvalue weighted by atomic mass is 9.67. The molecule has 2 nitrogen and oxygen atoms in total. The molecular weight excluding hydrogens is 258 g/mol. The van der Waals surface area contributed by atoms with E-state index in [2.05, 4.69) is 11.2 Å². The Kier molecular flexibility index (Phi) is 4.29. The first-order valence-corrected chi connectivity index (χ1v) is 8.14. The van der Waals surface area contributed by atoms with Gasteiger partial charge in [-0.05, 0) is 49.3 Å². The number of fused-ring (bicyclic) bond motifs is 1. The molecule has 3 rings (SSSR count). The Morgan fingerprint density at radius 1 is 1.14 bits per heavy atom. The minimum Gasteiger partial charge on any atom is -0.326 e. The predicted molar refractivity (Wildman–Crippen MR) is 85.8 cm³/mol. The van der Waals surface area contributed by atoms with Gasteiger partial charge in [0, 0.05) is 17.2 Å². The summed E-state index contributed by atoms with van der Waals surface area (Å²) in [5.74, 6) is 4.62. The second-order valence-electron chi connectivity index (χ2n) is 6.53. The largest absolute Gasteiger partial charge is 0.326 e. The van der Waals surface area contributed by atoms with Crippen LogP contribution in [-0.2, 0) is 4.79 Å². The van der Waals surface area contributed by atoms with E-state index in [9.17, 15) is 4.79 Å². The lowest BCUT2D eigenvalue weighted by Crippen LogP contribution is -2.33. The molecule has 2 aliphatic carbocycles. The van der Waals surface area contributed by atoms with Crippen LogP contribution in [0.15, 0.2) is 24.3 Å². The number of carbonyl (C=O) groups excluding carboxylic acids is 1. The van der Waals surface area contributed by atoms with Crippen molar-refractivity contribution in [2.24, 2.45) is 17.8 Å². The summed E-state index contributed by atoms with van der Waals surface area (Å²) in [6.07, 6.45) is 14.2. The fraction of sp³-hybridized carbons (Fsp3) is 0.526. The van der Waals surface area contributed by atoms with E-state index in [0.29, 0.717) is 0 Å². The summed E-state index contributed by atoms with van der Waals surface area (Å²) in [4.78, 5) is 12.5. The number of terminal acetylenes is 1. The highest BCUT2D eigenvalue weighted by Gasteiger charge is 2.34. The molecule has 110 valence electrons. The van der Waals surface area contributed by atoms with Crippen molar-refractivity contribution in [1.82, 2.24) is 0 Å². The molecule has 2 saturated carbocycles. The minimum absolute atomic E-state index is 0.174. The third-order valence-corrected chi connectivity index (χ3v) is 5.21. The fourth-order valence-electron chi connectivity index (χ4n) is 4.04. The van der Waals surface area contributed by atoms with Crippen molar-refractivity contribution in [3.63, 3.8) is 0 Å². The highest BCUT2D eigenvalue weighted by Crippen LogP contribution is 2.42. The summed E-state index contributed by atoms with van der Waals surface area (Å²) < 4.78 is 0. The number of amides is 1. The average Bonchev–Trinajstić information content (AvgIpc) is 2.54. The van der Waals surface area contributed by atoms with Crippen molar-refractivity contribution < 1.29 is 4.79 Å². The van der Waals surface area contributed by atoms with Crippen LogP contribution in [0.2, 0.25) is 0 Å². The van der Waals surface area contributed by atoms with E-state index < -0.39 is 0 Å². The van der Waals surface area contributed by atoms with Gasteiger partial charge in [0.25, 0.3) is 0 Å². The van der Waals surface area contributed by atoms with Crippen LogP contribution in [0.4, 0.5) is 5.69 Å². The maximum absolute atomic E-state index is 12.5. The molecule has 0 aliphatic heterocycles. The Morgan fingerprint density at radius 3 is 2.76 bits per heavy atom. The first-order chi connectivity index (χ1) is 10.3. The van der Waals surface area contributed by atoms with E-state index in [0.717, 1.165) is 35.9 Å². The number of carbonyl (C=O) groups is 1. The van der Waals surface area contributed by atoms with Gasteiger partial charge in [-0.1, -0.05) is 37.7 Å². The molecule has 0 bridgehead atoms. The van der Waals surface area contributed by atoms with Crippen molar-refractivity contribution in [2.75, 3.05) is 5.32 Å². The molecule has 0 saturated heterocycles. The second kappa shape index (κ2) is 6.35. The van der Waals surface area contributed by atoms with Gasteiger partial charge in [0.1, 0.15) is 0 Å². The van der Waals surface area contributed by atoms with E-state index >= 15 is 0 Å². The Morgan fingerprint density at radius 2 is 1.95 bits per heavy atom. The van der Waals surface area contributed by atoms with Crippen LogP contribution in [0.25, 0.3) is 0 Å². The van der Waals surface area contributed by atoms with Crippen LogP contribution in [0.5, 0.6) is 0 Å². The molecule has 1 aromatic rings. The Bertz CT molecular complexity index is 557. The first-order valence-electron chi connectivity index (χ1n) is 8.14. The summed E-state index contributed by atoms with van der Waals surface area (Å²) in [6, 6.07) is 7.54. The zero-order valence-corrected chi connectivity index (χ0v) is 12.5. The molecule has 3 unspecified atom stereocenters. The van der Waals surface area contributed by atoms with Crippen LogP contribution in [-0.4, -0.2) is 5.91 Å². The molecular formula is C19H23NO. The van der Waals surface area contributed by atoms with E-state index in [4.69, 9.17) is 6.42 Å². The molecule has 1 aromatic carbocycles. The molecule has 1 amide bonds. The van der Waals surface area contributed by atoms with Gasteiger partial charge in [0.05, 0.1) is 0 Å². The second-order valence-corrected chi connectivity index (χ2v) is 6.53. The summed E-state index contributed by atoms with van der Waals surface area (Å²) in [6.45, 7) is 0. The third kappa shape index (κ3) is 3.29. The molecule has 21 heavy (non-hydrogen) atoms. The molecule has 0 aromatic heterocycles. The fourth-order valence-corrected chi connectivity index (χ4v) is 4.04. The summed E-state index contributed by atoms with van der Waals surface area (Å²) >= 11 is 0. The van der Waals surface area contributed by atoms with Crippen molar-refractivity contribution in [1.29, 1.82) is 0 Å². The zero-order chi connectivity index (χ0) is 14.7. The van der Waals surface area contributed by atoms with Crippen LogP contribution in [0.3, 0.4) is 0 Å². The van der Waals surface area contributed by atoms with Crippen LogP contribution in [0, 0.1) is 30.1 Å². The molecule has 2 heteroatoms. The zero-order valence-electron chi connectivity index (χ0n) is 12.5. The number of benzene rings is 1. The van der Waals surface area contributed by atoms with E-state index in [-0.39, 0.29) is 11.8 Å². The molecule has 1 N–H and O–H groups in total. The molecule has 2 fully saturated rings. The number of anilines is 1. The summed E-state index contributed by atoms with van der Waals surface area (Å²) in [5, 5.41) is 3.05. The van der Waals surface area contributed by atoms with Gasteiger partial charge in [-0.3, -0.25) is 4.79 Å². The summed E-state index contributed by atoms with van der Waals surface area (Å²) in [5.41, 5.74) is 1.63. The normalized spacial score (nSPS) is 28.2. The Hall–Kier alpha value is -1.75. The van der Waals surface area contributed by atoms with Gasteiger partial charge < -0.3 is 5.32 Å². The highest BCUT2D eigenvalue weighted by molar-refractivity contribution is 5.92. The monoisotopic (exact) mass is 281 g/mol. The number of rotatable bonds is 2. The third-order valence-electron chi connectivity index (χ3n) is 5.21. The maximum Gasteiger partial charge on any atom is 0.227 e. The minimum atomic E-state index is 0.174. The Labute approximate surface area is 127 Å². The highest BCUT2D eigenvalue weighted by atomic mass is 16.1. The van der Waals surface area contributed by atoms with Gasteiger partial charge in [0.15, 0.2) is 0 Å². The van der Waals surface area contributed by atoms with Crippen molar-refractivity contribution in [3.05, 3.63) is 29.8 Å². The lowest BCUT2D eigenvalue weighted by molar-refractivity contribution is -0.122. The van der Waals surface area contributed by atoms with Crippen LogP contribution in [0.1, 0.15) is 50.5 Å². The average molecular weight is 281 g/mol. The summed E-state index contributed by atoms with van der Waals surface area (Å²) in [7, 11) is 0. The van der Waals surface area contributed by atoms with Crippen molar-refractivity contribution in [2.45, 2.75) is 44.9 Å². The maximum atomic E-state index is 12.5. The van der Waals surface area contributed by atoms with Gasteiger partial charge >= 0.3 is 0 Å². The SMILES string of the molecule is C#Cc1cccc(NC(=O)C2CCC3CCCCC3C2)c1. The topological polar surface area (TPSA) is 29.1 Å². The number of nitrogens with one attached hydrogen (secondary N) is 1. The van der Waals surface area contributed by atoms with Crippen LogP contribution >= 0.6 is 0 Å². The van der Waals surface area contributed by atoms with Crippen molar-refractivity contribution >= 4 is 11.6 Å². The molecule has 0 spiro atoms. The van der Waals surface area contributed by atoms with Gasteiger partial charge in [-0.2, -0.15) is 0 Å². The van der Waals surface area contributed by atoms with Crippen molar-refractivity contribution in [3.8, 4) is 12.3 Å². The number of hydrogen-bond donors (Lipinski definition) is 1. The standard InChI is InChI=1S/C19H23NO/c1-2-14-6-5-9-18(12-14)20-19(21)17-11-10-15-7-3-4-8-16(15)13-17/h1,5-6,9,12,15-17H,3-4,7-8,10-11,13H2,(H,20,21).